The normalized spacial score (nSPS) is 21.4. The number of piperidine rings is 1. The first-order valence-corrected chi connectivity index (χ1v) is 11.2. The Balaban J connectivity index is 0.00000392. The smallest absolute Gasteiger partial charge is 0.191 e. The van der Waals surface area contributed by atoms with Crippen LogP contribution in [0.3, 0.4) is 0 Å². The Kier molecular flexibility index (Phi) is 13.7. The van der Waals surface area contributed by atoms with Gasteiger partial charge in [0.05, 0.1) is 19.8 Å². The van der Waals surface area contributed by atoms with Crippen LogP contribution in [0.5, 0.6) is 0 Å². The number of hydrogen-bond acceptors (Lipinski definition) is 4. The van der Waals surface area contributed by atoms with E-state index in [1.54, 1.807) is 0 Å². The van der Waals surface area contributed by atoms with Gasteiger partial charge in [0, 0.05) is 44.8 Å². The summed E-state index contributed by atoms with van der Waals surface area (Å²) in [6, 6.07) is 1.05. The maximum absolute atomic E-state index is 5.54. The maximum atomic E-state index is 5.54. The summed E-state index contributed by atoms with van der Waals surface area (Å²) < 4.78 is 5.54. The lowest BCUT2D eigenvalue weighted by Gasteiger charge is -2.35. The Morgan fingerprint density at radius 3 is 2.36 bits per heavy atom. The van der Waals surface area contributed by atoms with E-state index < -0.39 is 0 Å². The van der Waals surface area contributed by atoms with Crippen molar-refractivity contribution in [2.45, 2.75) is 65.5 Å². The third-order valence-corrected chi connectivity index (χ3v) is 5.58. The first-order valence-electron chi connectivity index (χ1n) is 11.2. The Bertz CT molecular complexity index is 421. The van der Waals surface area contributed by atoms with Crippen LogP contribution in [-0.4, -0.2) is 86.9 Å². The number of morpholine rings is 1. The lowest BCUT2D eigenvalue weighted by atomic mass is 10.0. The van der Waals surface area contributed by atoms with Gasteiger partial charge in [0.25, 0.3) is 0 Å². The molecule has 1 unspecified atom stereocenters. The van der Waals surface area contributed by atoms with E-state index in [4.69, 9.17) is 9.73 Å². The minimum Gasteiger partial charge on any atom is -0.379 e. The molecule has 166 valence electrons. The SMILES string of the molecule is CCCN1CCC(NC(=NCC(CC(C)C)N2CCOCC2)NCC)CC1.I. The Morgan fingerprint density at radius 1 is 1.11 bits per heavy atom. The number of halogens is 1. The summed E-state index contributed by atoms with van der Waals surface area (Å²) >= 11 is 0. The molecule has 2 fully saturated rings. The van der Waals surface area contributed by atoms with Crippen molar-refractivity contribution in [3.63, 3.8) is 0 Å². The van der Waals surface area contributed by atoms with E-state index in [-0.39, 0.29) is 24.0 Å². The van der Waals surface area contributed by atoms with Crippen molar-refractivity contribution in [3.05, 3.63) is 0 Å². The average molecular weight is 510 g/mol. The minimum atomic E-state index is 0. The standard InChI is InChI=1S/C21H43N5O.HI/c1-5-9-25-10-7-19(8-11-25)24-21(22-6-2)23-17-20(16-18(3)4)26-12-14-27-15-13-26;/h18-20H,5-17H2,1-4H3,(H2,22,23,24);1H. The number of nitrogens with zero attached hydrogens (tertiary/aromatic N) is 3. The molecule has 2 saturated heterocycles. The van der Waals surface area contributed by atoms with E-state index in [9.17, 15) is 0 Å². The molecule has 0 radical (unpaired) electrons. The molecule has 0 aromatic rings. The van der Waals surface area contributed by atoms with E-state index in [2.05, 4.69) is 48.1 Å². The second-order valence-electron chi connectivity index (χ2n) is 8.41. The number of aliphatic imine (C=N–C) groups is 1. The first-order chi connectivity index (χ1) is 13.1. The molecule has 0 saturated carbocycles. The fraction of sp³-hybridized carbons (Fsp3) is 0.952. The molecule has 0 amide bonds. The maximum Gasteiger partial charge on any atom is 0.191 e. The number of nitrogens with one attached hydrogen (secondary N) is 2. The van der Waals surface area contributed by atoms with Crippen molar-refractivity contribution in [1.82, 2.24) is 20.4 Å². The Labute approximate surface area is 190 Å². The quantitative estimate of drug-likeness (QED) is 0.285. The van der Waals surface area contributed by atoms with Gasteiger partial charge in [0.1, 0.15) is 0 Å². The molecule has 2 aliphatic heterocycles. The number of likely N-dealkylation sites (tertiary alicyclic amines) is 1. The van der Waals surface area contributed by atoms with Gasteiger partial charge in [-0.15, -0.1) is 24.0 Å². The van der Waals surface area contributed by atoms with Crippen LogP contribution in [0.25, 0.3) is 0 Å². The van der Waals surface area contributed by atoms with E-state index in [1.807, 2.05) is 0 Å². The van der Waals surface area contributed by atoms with Crippen molar-refractivity contribution in [2.24, 2.45) is 10.9 Å². The fourth-order valence-electron chi connectivity index (χ4n) is 4.15. The molecule has 0 bridgehead atoms. The van der Waals surface area contributed by atoms with E-state index in [0.717, 1.165) is 45.4 Å². The highest BCUT2D eigenvalue weighted by Gasteiger charge is 2.23. The molecule has 0 aromatic carbocycles. The molecule has 1 atom stereocenters. The van der Waals surface area contributed by atoms with Gasteiger partial charge in [-0.25, -0.2) is 0 Å². The molecule has 2 heterocycles. The largest absolute Gasteiger partial charge is 0.379 e. The van der Waals surface area contributed by atoms with Gasteiger partial charge in [-0.3, -0.25) is 9.89 Å². The molecule has 2 N–H and O–H groups in total. The van der Waals surface area contributed by atoms with Crippen LogP contribution in [0.4, 0.5) is 0 Å². The molecule has 0 aliphatic carbocycles. The van der Waals surface area contributed by atoms with Crippen LogP contribution >= 0.6 is 24.0 Å². The molecule has 0 aromatic heterocycles. The third kappa shape index (κ3) is 9.59. The highest BCUT2D eigenvalue weighted by Crippen LogP contribution is 2.14. The lowest BCUT2D eigenvalue weighted by Crippen LogP contribution is -2.50. The van der Waals surface area contributed by atoms with E-state index in [0.29, 0.717) is 18.0 Å². The molecule has 7 heteroatoms. The van der Waals surface area contributed by atoms with Crippen LogP contribution in [0.2, 0.25) is 0 Å². The van der Waals surface area contributed by atoms with Crippen LogP contribution in [-0.2, 0) is 4.74 Å². The van der Waals surface area contributed by atoms with Gasteiger partial charge in [-0.2, -0.15) is 0 Å². The Morgan fingerprint density at radius 2 is 1.79 bits per heavy atom. The molecule has 28 heavy (non-hydrogen) atoms. The monoisotopic (exact) mass is 509 g/mol. The van der Waals surface area contributed by atoms with Crippen molar-refractivity contribution in [3.8, 4) is 0 Å². The average Bonchev–Trinajstić information content (AvgIpc) is 2.67. The van der Waals surface area contributed by atoms with Crippen molar-refractivity contribution >= 4 is 29.9 Å². The summed E-state index contributed by atoms with van der Waals surface area (Å²) in [6.07, 6.45) is 4.87. The second-order valence-corrected chi connectivity index (χ2v) is 8.41. The highest BCUT2D eigenvalue weighted by atomic mass is 127. The van der Waals surface area contributed by atoms with Gasteiger partial charge in [-0.05, 0) is 45.1 Å². The predicted octanol–water partition coefficient (Wildman–Crippen LogP) is 2.78. The molecule has 6 nitrogen and oxygen atoms in total. The van der Waals surface area contributed by atoms with Gasteiger partial charge in [-0.1, -0.05) is 20.8 Å². The highest BCUT2D eigenvalue weighted by molar-refractivity contribution is 14.0. The number of guanidine groups is 1. The van der Waals surface area contributed by atoms with Gasteiger partial charge in [0.15, 0.2) is 5.96 Å². The lowest BCUT2D eigenvalue weighted by molar-refractivity contribution is 0.0143. The number of hydrogen-bond donors (Lipinski definition) is 2. The Hall–Kier alpha value is -0.120. The summed E-state index contributed by atoms with van der Waals surface area (Å²) in [6.45, 7) is 18.2. The summed E-state index contributed by atoms with van der Waals surface area (Å²) in [5.41, 5.74) is 0. The van der Waals surface area contributed by atoms with Crippen LogP contribution in [0.15, 0.2) is 4.99 Å². The summed E-state index contributed by atoms with van der Waals surface area (Å²) in [4.78, 5) is 10.1. The summed E-state index contributed by atoms with van der Waals surface area (Å²) in [7, 11) is 0. The van der Waals surface area contributed by atoms with Crippen molar-refractivity contribution in [1.29, 1.82) is 0 Å². The van der Waals surface area contributed by atoms with Crippen molar-refractivity contribution in [2.75, 3.05) is 59.0 Å². The van der Waals surface area contributed by atoms with Crippen LogP contribution in [0, 0.1) is 5.92 Å². The molecule has 2 rings (SSSR count). The molecular formula is C21H44IN5O. The van der Waals surface area contributed by atoms with E-state index in [1.165, 1.54) is 45.3 Å². The van der Waals surface area contributed by atoms with Gasteiger partial charge >= 0.3 is 0 Å². The topological polar surface area (TPSA) is 52.1 Å². The number of ether oxygens (including phenoxy) is 1. The molecule has 2 aliphatic rings. The minimum absolute atomic E-state index is 0. The summed E-state index contributed by atoms with van der Waals surface area (Å²) in [5.74, 6) is 1.68. The zero-order chi connectivity index (χ0) is 19.5. The third-order valence-electron chi connectivity index (χ3n) is 5.58. The molecule has 0 spiro atoms. The number of rotatable bonds is 9. The van der Waals surface area contributed by atoms with E-state index >= 15 is 0 Å². The van der Waals surface area contributed by atoms with Crippen molar-refractivity contribution < 1.29 is 4.74 Å². The summed E-state index contributed by atoms with van der Waals surface area (Å²) in [5, 5.41) is 7.16. The zero-order valence-corrected chi connectivity index (χ0v) is 20.9. The molecular weight excluding hydrogens is 465 g/mol. The van der Waals surface area contributed by atoms with Crippen LogP contribution in [0.1, 0.15) is 53.4 Å². The van der Waals surface area contributed by atoms with Gasteiger partial charge in [0.2, 0.25) is 0 Å². The predicted molar refractivity (Wildman–Crippen MR) is 130 cm³/mol. The second kappa shape index (κ2) is 14.8. The van der Waals surface area contributed by atoms with Gasteiger partial charge < -0.3 is 20.3 Å². The van der Waals surface area contributed by atoms with Crippen LogP contribution < -0.4 is 10.6 Å². The first kappa shape index (κ1) is 25.9. The zero-order valence-electron chi connectivity index (χ0n) is 18.6. The fourth-order valence-corrected chi connectivity index (χ4v) is 4.15.